The molecule has 0 saturated heterocycles. The molecule has 0 aliphatic rings. The van der Waals surface area contributed by atoms with Crippen molar-refractivity contribution in [1.29, 1.82) is 0 Å². The molecule has 0 amide bonds. The van der Waals surface area contributed by atoms with Crippen LogP contribution in [0.15, 0.2) is 10.2 Å². The molecule has 0 fully saturated rings. The first kappa shape index (κ1) is 9.62. The van der Waals surface area contributed by atoms with E-state index in [9.17, 15) is 10.1 Å². The minimum absolute atomic E-state index is 0.0330. The van der Waals surface area contributed by atoms with Crippen LogP contribution in [0.1, 0.15) is 20.8 Å². The molecule has 0 bridgehead atoms. The van der Waals surface area contributed by atoms with Crippen LogP contribution in [0.25, 0.3) is 0 Å². The molecule has 0 saturated carbocycles. The number of rotatable bonds is 2. The van der Waals surface area contributed by atoms with Gasteiger partial charge in [-0.05, 0) is 22.9 Å². The first-order chi connectivity index (χ1) is 4.46. The molecule has 0 atom stereocenters. The molecule has 0 aliphatic heterocycles. The smallest absolute Gasteiger partial charge is 0.258 e. The van der Waals surface area contributed by atoms with Crippen molar-refractivity contribution in [2.75, 3.05) is 0 Å². The summed E-state index contributed by atoms with van der Waals surface area (Å²) in [7, 11) is 0. The minimum atomic E-state index is -0.352. The molecule has 0 spiro atoms. The van der Waals surface area contributed by atoms with E-state index < -0.39 is 0 Å². The third kappa shape index (κ3) is 2.47. The lowest BCUT2D eigenvalue weighted by Crippen LogP contribution is -2.06. The van der Waals surface area contributed by atoms with Crippen LogP contribution in [0, 0.1) is 16.0 Å². The highest BCUT2D eigenvalue weighted by molar-refractivity contribution is 9.11. The Hall–Kier alpha value is -0.380. The monoisotopic (exact) mass is 207 g/mol. The van der Waals surface area contributed by atoms with Crippen molar-refractivity contribution in [3.63, 3.8) is 0 Å². The lowest BCUT2D eigenvalue weighted by atomic mass is 10.1. The molecular weight excluding hydrogens is 198 g/mol. The van der Waals surface area contributed by atoms with Crippen LogP contribution >= 0.6 is 15.9 Å². The highest BCUT2D eigenvalue weighted by Gasteiger charge is 2.17. The Morgan fingerprint density at radius 1 is 1.60 bits per heavy atom. The predicted molar refractivity (Wildman–Crippen MR) is 43.5 cm³/mol. The molecule has 4 heteroatoms. The van der Waals surface area contributed by atoms with E-state index in [0.717, 1.165) is 0 Å². The van der Waals surface area contributed by atoms with E-state index >= 15 is 0 Å². The summed E-state index contributed by atoms with van der Waals surface area (Å²) in [5.41, 5.74) is 0.250. The van der Waals surface area contributed by atoms with Gasteiger partial charge < -0.3 is 0 Å². The SMILES string of the molecule is C/C(Br)=C(\C(C)C)[N+](=O)[O-]. The third-order valence-corrected chi connectivity index (χ3v) is 1.50. The Morgan fingerprint density at radius 3 is 2.00 bits per heavy atom. The van der Waals surface area contributed by atoms with Gasteiger partial charge in [0.15, 0.2) is 0 Å². The lowest BCUT2D eigenvalue weighted by Gasteiger charge is -2.01. The van der Waals surface area contributed by atoms with Crippen molar-refractivity contribution >= 4 is 15.9 Å². The zero-order valence-corrected chi connectivity index (χ0v) is 7.81. The van der Waals surface area contributed by atoms with Gasteiger partial charge >= 0.3 is 0 Å². The number of allylic oxidation sites excluding steroid dienone is 2. The number of nitro groups is 1. The average Bonchev–Trinajstić information content (AvgIpc) is 1.59. The summed E-state index contributed by atoms with van der Waals surface area (Å²) in [5.74, 6) is -0.0330. The van der Waals surface area contributed by atoms with E-state index in [4.69, 9.17) is 0 Å². The van der Waals surface area contributed by atoms with Gasteiger partial charge in [-0.25, -0.2) is 0 Å². The molecule has 0 aromatic rings. The van der Waals surface area contributed by atoms with E-state index in [1.54, 1.807) is 20.8 Å². The maximum atomic E-state index is 10.3. The molecule has 0 aromatic heterocycles. The van der Waals surface area contributed by atoms with Gasteiger partial charge in [0.1, 0.15) is 0 Å². The molecular formula is C6H10BrNO2. The van der Waals surface area contributed by atoms with E-state index in [1.807, 2.05) is 0 Å². The second-order valence-electron chi connectivity index (χ2n) is 2.33. The molecule has 3 nitrogen and oxygen atoms in total. The summed E-state index contributed by atoms with van der Waals surface area (Å²) in [6.07, 6.45) is 0. The van der Waals surface area contributed by atoms with Crippen LogP contribution in [-0.2, 0) is 0 Å². The number of hydrogen-bond donors (Lipinski definition) is 0. The van der Waals surface area contributed by atoms with Gasteiger partial charge in [-0.1, -0.05) is 13.8 Å². The summed E-state index contributed by atoms with van der Waals surface area (Å²) in [4.78, 5) is 9.95. The maximum absolute atomic E-state index is 10.3. The van der Waals surface area contributed by atoms with Gasteiger partial charge in [-0.15, -0.1) is 0 Å². The standard InChI is InChI=1S/C6H10BrNO2/c1-4(2)6(5(3)7)8(9)10/h4H,1-3H3/b6-5-. The largest absolute Gasteiger partial charge is 0.259 e. The maximum Gasteiger partial charge on any atom is 0.258 e. The lowest BCUT2D eigenvalue weighted by molar-refractivity contribution is -0.433. The average molecular weight is 208 g/mol. The molecule has 0 aliphatic carbocycles. The first-order valence-corrected chi connectivity index (χ1v) is 3.76. The van der Waals surface area contributed by atoms with Crippen LogP contribution in [0.2, 0.25) is 0 Å². The van der Waals surface area contributed by atoms with Crippen molar-refractivity contribution in [3.05, 3.63) is 20.3 Å². The molecule has 0 heterocycles. The fourth-order valence-corrected chi connectivity index (χ4v) is 1.34. The van der Waals surface area contributed by atoms with Crippen LogP contribution in [0.5, 0.6) is 0 Å². The number of nitrogens with zero attached hydrogens (tertiary/aromatic N) is 1. The van der Waals surface area contributed by atoms with Crippen molar-refractivity contribution in [3.8, 4) is 0 Å². The number of halogens is 1. The zero-order chi connectivity index (χ0) is 8.31. The summed E-state index contributed by atoms with van der Waals surface area (Å²) >= 11 is 3.08. The van der Waals surface area contributed by atoms with Crippen molar-refractivity contribution in [2.45, 2.75) is 20.8 Å². The fourth-order valence-electron chi connectivity index (χ4n) is 0.734. The second kappa shape index (κ2) is 3.71. The Bertz CT molecular complexity index is 171. The van der Waals surface area contributed by atoms with Crippen molar-refractivity contribution in [1.82, 2.24) is 0 Å². The Morgan fingerprint density at radius 2 is 2.00 bits per heavy atom. The normalized spacial score (nSPS) is 13.3. The van der Waals surface area contributed by atoms with Gasteiger partial charge in [0, 0.05) is 5.92 Å². The fraction of sp³-hybridized carbons (Fsp3) is 0.667. The summed E-state index contributed by atoms with van der Waals surface area (Å²) in [5, 5.41) is 10.3. The zero-order valence-electron chi connectivity index (χ0n) is 6.22. The third-order valence-electron chi connectivity index (χ3n) is 1.10. The molecule has 0 rings (SSSR count). The van der Waals surface area contributed by atoms with Crippen LogP contribution in [0.4, 0.5) is 0 Å². The Kier molecular flexibility index (Phi) is 3.57. The van der Waals surface area contributed by atoms with Crippen LogP contribution in [0.3, 0.4) is 0 Å². The second-order valence-corrected chi connectivity index (χ2v) is 3.52. The van der Waals surface area contributed by atoms with E-state index in [2.05, 4.69) is 15.9 Å². The molecule has 0 N–H and O–H groups in total. The molecule has 58 valence electrons. The first-order valence-electron chi connectivity index (χ1n) is 2.97. The Balaban J connectivity index is 4.61. The summed E-state index contributed by atoms with van der Waals surface area (Å²) in [6, 6.07) is 0. The quantitative estimate of drug-likeness (QED) is 0.516. The van der Waals surface area contributed by atoms with Crippen LogP contribution < -0.4 is 0 Å². The highest BCUT2D eigenvalue weighted by Crippen LogP contribution is 2.18. The molecule has 0 unspecified atom stereocenters. The van der Waals surface area contributed by atoms with E-state index in [-0.39, 0.29) is 16.5 Å². The van der Waals surface area contributed by atoms with Crippen LogP contribution in [-0.4, -0.2) is 4.92 Å². The van der Waals surface area contributed by atoms with Crippen molar-refractivity contribution < 1.29 is 4.92 Å². The molecule has 0 radical (unpaired) electrons. The molecule has 10 heavy (non-hydrogen) atoms. The Labute approximate surface area is 68.4 Å². The van der Waals surface area contributed by atoms with Crippen molar-refractivity contribution in [2.24, 2.45) is 5.92 Å². The topological polar surface area (TPSA) is 43.1 Å². The summed E-state index contributed by atoms with van der Waals surface area (Å²) < 4.78 is 0.604. The van der Waals surface area contributed by atoms with E-state index in [0.29, 0.717) is 4.48 Å². The predicted octanol–water partition coefficient (Wildman–Crippen LogP) is 2.55. The van der Waals surface area contributed by atoms with Gasteiger partial charge in [-0.2, -0.15) is 0 Å². The van der Waals surface area contributed by atoms with Gasteiger partial charge in [0.25, 0.3) is 5.70 Å². The van der Waals surface area contributed by atoms with Gasteiger partial charge in [0.2, 0.25) is 0 Å². The molecule has 0 aromatic carbocycles. The number of hydrogen-bond acceptors (Lipinski definition) is 2. The van der Waals surface area contributed by atoms with Gasteiger partial charge in [-0.3, -0.25) is 10.1 Å². The van der Waals surface area contributed by atoms with Gasteiger partial charge in [0.05, 0.1) is 9.41 Å². The minimum Gasteiger partial charge on any atom is -0.259 e. The highest BCUT2D eigenvalue weighted by atomic mass is 79.9. The summed E-state index contributed by atoms with van der Waals surface area (Å²) in [6.45, 7) is 5.27. The van der Waals surface area contributed by atoms with E-state index in [1.165, 1.54) is 0 Å².